The first-order valence-electron chi connectivity index (χ1n) is 7.76. The molecule has 0 amide bonds. The molecule has 1 aromatic carbocycles. The molecule has 0 aliphatic rings. The predicted octanol–water partition coefficient (Wildman–Crippen LogP) is 3.37. The molecule has 6 heteroatoms. The van der Waals surface area contributed by atoms with Gasteiger partial charge in [-0.05, 0) is 32.3 Å². The number of hydrogen-bond donors (Lipinski definition) is 2. The molecule has 0 spiro atoms. The van der Waals surface area contributed by atoms with Crippen molar-refractivity contribution in [3.63, 3.8) is 0 Å². The van der Waals surface area contributed by atoms with Crippen LogP contribution in [0.3, 0.4) is 0 Å². The van der Waals surface area contributed by atoms with E-state index in [9.17, 15) is 0 Å². The Morgan fingerprint density at radius 1 is 1.26 bits per heavy atom. The standard InChI is InChI=1S/C17H24N4O.HI/c1-3-18-17(19-13-16-11-12-22-21-16)20-14(2)9-10-15-7-5-4-6-8-15;/h4-8,11-12,14H,3,9-10,13H2,1-2H3,(H2,18,19,20);1H. The Hall–Kier alpha value is -1.57. The number of guanidine groups is 1. The highest BCUT2D eigenvalue weighted by molar-refractivity contribution is 14.0. The van der Waals surface area contributed by atoms with Crippen LogP contribution in [-0.4, -0.2) is 23.7 Å². The van der Waals surface area contributed by atoms with Gasteiger partial charge in [0.15, 0.2) is 5.96 Å². The van der Waals surface area contributed by atoms with Gasteiger partial charge in [-0.2, -0.15) is 0 Å². The Morgan fingerprint density at radius 2 is 2.04 bits per heavy atom. The summed E-state index contributed by atoms with van der Waals surface area (Å²) in [5, 5.41) is 10.6. The second-order valence-corrected chi connectivity index (χ2v) is 5.26. The molecule has 0 fully saturated rings. The van der Waals surface area contributed by atoms with Gasteiger partial charge in [0, 0.05) is 18.7 Å². The zero-order valence-electron chi connectivity index (χ0n) is 13.7. The van der Waals surface area contributed by atoms with Crippen LogP contribution < -0.4 is 10.6 Å². The lowest BCUT2D eigenvalue weighted by atomic mass is 10.1. The Bertz CT molecular complexity index is 557. The molecular weight excluding hydrogens is 403 g/mol. The number of benzene rings is 1. The molecule has 1 unspecified atom stereocenters. The van der Waals surface area contributed by atoms with Crippen molar-refractivity contribution in [3.8, 4) is 0 Å². The molecule has 1 heterocycles. The van der Waals surface area contributed by atoms with Crippen molar-refractivity contribution in [1.29, 1.82) is 0 Å². The van der Waals surface area contributed by atoms with Crippen LogP contribution in [0.15, 0.2) is 52.2 Å². The molecule has 0 aliphatic heterocycles. The van der Waals surface area contributed by atoms with E-state index in [0.717, 1.165) is 31.0 Å². The van der Waals surface area contributed by atoms with Gasteiger partial charge in [-0.3, -0.25) is 0 Å². The summed E-state index contributed by atoms with van der Waals surface area (Å²) in [6.45, 7) is 5.57. The smallest absolute Gasteiger partial charge is 0.191 e. The minimum atomic E-state index is 0. The summed E-state index contributed by atoms with van der Waals surface area (Å²) in [6, 6.07) is 12.7. The van der Waals surface area contributed by atoms with Crippen LogP contribution in [-0.2, 0) is 13.0 Å². The number of hydrogen-bond acceptors (Lipinski definition) is 3. The molecule has 0 saturated heterocycles. The van der Waals surface area contributed by atoms with E-state index in [4.69, 9.17) is 4.52 Å². The van der Waals surface area contributed by atoms with Crippen LogP contribution in [0.4, 0.5) is 0 Å². The van der Waals surface area contributed by atoms with Crippen molar-refractivity contribution in [3.05, 3.63) is 53.9 Å². The van der Waals surface area contributed by atoms with Crippen LogP contribution in [0, 0.1) is 0 Å². The number of aromatic nitrogens is 1. The van der Waals surface area contributed by atoms with Crippen molar-refractivity contribution in [2.45, 2.75) is 39.3 Å². The lowest BCUT2D eigenvalue weighted by Gasteiger charge is -2.17. The van der Waals surface area contributed by atoms with Crippen molar-refractivity contribution in [1.82, 2.24) is 15.8 Å². The van der Waals surface area contributed by atoms with Gasteiger partial charge in [-0.1, -0.05) is 35.5 Å². The fourth-order valence-corrected chi connectivity index (χ4v) is 2.13. The molecule has 0 aliphatic carbocycles. The van der Waals surface area contributed by atoms with Gasteiger partial charge in [0.1, 0.15) is 12.0 Å². The lowest BCUT2D eigenvalue weighted by Crippen LogP contribution is -2.42. The first kappa shape index (κ1) is 19.5. The average molecular weight is 428 g/mol. The molecule has 0 saturated carbocycles. The van der Waals surface area contributed by atoms with Crippen LogP contribution in [0.5, 0.6) is 0 Å². The maximum absolute atomic E-state index is 4.82. The minimum absolute atomic E-state index is 0. The molecule has 23 heavy (non-hydrogen) atoms. The summed E-state index contributed by atoms with van der Waals surface area (Å²) in [5.74, 6) is 0.811. The topological polar surface area (TPSA) is 62.5 Å². The van der Waals surface area contributed by atoms with E-state index in [1.165, 1.54) is 5.56 Å². The fraction of sp³-hybridized carbons (Fsp3) is 0.412. The second-order valence-electron chi connectivity index (χ2n) is 5.26. The third-order valence-corrected chi connectivity index (χ3v) is 3.33. The van der Waals surface area contributed by atoms with Crippen LogP contribution in [0.2, 0.25) is 0 Å². The summed E-state index contributed by atoms with van der Waals surface area (Å²) in [6.07, 6.45) is 3.67. The maximum Gasteiger partial charge on any atom is 0.191 e. The van der Waals surface area contributed by atoms with E-state index >= 15 is 0 Å². The van der Waals surface area contributed by atoms with Gasteiger partial charge >= 0.3 is 0 Å². The van der Waals surface area contributed by atoms with E-state index in [-0.39, 0.29) is 24.0 Å². The third kappa shape index (κ3) is 7.49. The molecule has 1 aromatic heterocycles. The normalized spacial score (nSPS) is 12.3. The highest BCUT2D eigenvalue weighted by Gasteiger charge is 2.06. The molecule has 0 bridgehead atoms. The van der Waals surface area contributed by atoms with Crippen molar-refractivity contribution >= 4 is 29.9 Å². The largest absolute Gasteiger partial charge is 0.364 e. The van der Waals surface area contributed by atoms with Gasteiger partial charge in [0.25, 0.3) is 0 Å². The minimum Gasteiger partial charge on any atom is -0.364 e. The van der Waals surface area contributed by atoms with Gasteiger partial charge < -0.3 is 15.2 Å². The summed E-state index contributed by atoms with van der Waals surface area (Å²) < 4.78 is 4.82. The number of halogens is 1. The molecule has 126 valence electrons. The van der Waals surface area contributed by atoms with Gasteiger partial charge in [-0.25, -0.2) is 4.99 Å². The summed E-state index contributed by atoms with van der Waals surface area (Å²) in [4.78, 5) is 4.52. The van der Waals surface area contributed by atoms with E-state index in [2.05, 4.69) is 58.9 Å². The highest BCUT2D eigenvalue weighted by Crippen LogP contribution is 2.05. The van der Waals surface area contributed by atoms with Crippen molar-refractivity contribution < 1.29 is 4.52 Å². The average Bonchev–Trinajstić information content (AvgIpc) is 3.05. The zero-order valence-corrected chi connectivity index (χ0v) is 16.0. The van der Waals surface area contributed by atoms with E-state index in [0.29, 0.717) is 12.6 Å². The number of rotatable bonds is 7. The molecule has 1 atom stereocenters. The van der Waals surface area contributed by atoms with Crippen LogP contribution in [0.25, 0.3) is 0 Å². The number of nitrogens with one attached hydrogen (secondary N) is 2. The molecular formula is C17H25IN4O. The van der Waals surface area contributed by atoms with E-state index in [1.807, 2.05) is 12.1 Å². The first-order valence-corrected chi connectivity index (χ1v) is 7.76. The summed E-state index contributed by atoms with van der Waals surface area (Å²) >= 11 is 0. The van der Waals surface area contributed by atoms with Crippen molar-refractivity contribution in [2.75, 3.05) is 6.54 Å². The summed E-state index contributed by atoms with van der Waals surface area (Å²) in [5.41, 5.74) is 2.19. The van der Waals surface area contributed by atoms with Crippen LogP contribution in [0.1, 0.15) is 31.5 Å². The van der Waals surface area contributed by atoms with Gasteiger partial charge in [0.2, 0.25) is 0 Å². The fourth-order valence-electron chi connectivity index (χ4n) is 2.13. The molecule has 5 nitrogen and oxygen atoms in total. The number of aliphatic imine (C=N–C) groups is 1. The quantitative estimate of drug-likeness (QED) is 0.403. The zero-order chi connectivity index (χ0) is 15.6. The predicted molar refractivity (Wildman–Crippen MR) is 104 cm³/mol. The highest BCUT2D eigenvalue weighted by atomic mass is 127. The molecule has 2 rings (SSSR count). The maximum atomic E-state index is 4.82. The van der Waals surface area contributed by atoms with E-state index < -0.39 is 0 Å². The van der Waals surface area contributed by atoms with E-state index in [1.54, 1.807) is 6.26 Å². The van der Waals surface area contributed by atoms with Crippen molar-refractivity contribution in [2.24, 2.45) is 4.99 Å². The number of aryl methyl sites for hydroxylation is 1. The second kappa shape index (κ2) is 11.0. The lowest BCUT2D eigenvalue weighted by molar-refractivity contribution is 0.412. The Kier molecular flexibility index (Phi) is 9.35. The monoisotopic (exact) mass is 428 g/mol. The summed E-state index contributed by atoms with van der Waals surface area (Å²) in [7, 11) is 0. The Labute approximate surface area is 155 Å². The van der Waals surface area contributed by atoms with Crippen LogP contribution >= 0.6 is 24.0 Å². The Morgan fingerprint density at radius 3 is 2.70 bits per heavy atom. The molecule has 2 aromatic rings. The first-order chi connectivity index (χ1) is 10.8. The van der Waals surface area contributed by atoms with Gasteiger partial charge in [0.05, 0.1) is 6.54 Å². The number of nitrogens with zero attached hydrogens (tertiary/aromatic N) is 2. The van der Waals surface area contributed by atoms with Gasteiger partial charge in [-0.15, -0.1) is 24.0 Å². The Balaban J connectivity index is 0.00000264. The third-order valence-electron chi connectivity index (χ3n) is 3.33. The molecule has 0 radical (unpaired) electrons. The SMILES string of the molecule is CCNC(=NCc1ccon1)NC(C)CCc1ccccc1.I. The molecule has 2 N–H and O–H groups in total.